The Morgan fingerprint density at radius 1 is 1.29 bits per heavy atom. The van der Waals surface area contributed by atoms with Crippen LogP contribution in [0.4, 0.5) is 4.79 Å². The number of amides is 1. The molecule has 0 bridgehead atoms. The largest absolute Gasteiger partial charge is 0.453 e. The van der Waals surface area contributed by atoms with Gasteiger partial charge in [0, 0.05) is 7.11 Å². The molecule has 0 saturated carbocycles. The van der Waals surface area contributed by atoms with E-state index in [4.69, 9.17) is 4.74 Å². The van der Waals surface area contributed by atoms with Gasteiger partial charge in [-0.2, -0.15) is 0 Å². The van der Waals surface area contributed by atoms with E-state index in [-0.39, 0.29) is 11.6 Å². The lowest BCUT2D eigenvalue weighted by molar-refractivity contribution is -0.00451. The van der Waals surface area contributed by atoms with Crippen LogP contribution in [0.5, 0.6) is 0 Å². The van der Waals surface area contributed by atoms with Gasteiger partial charge < -0.3 is 14.8 Å². The maximum atomic E-state index is 10.8. The van der Waals surface area contributed by atoms with Crippen molar-refractivity contribution in [1.82, 2.24) is 5.32 Å². The number of alkyl carbamates (subject to hydrolysis) is 1. The van der Waals surface area contributed by atoms with Gasteiger partial charge in [0.05, 0.1) is 18.8 Å². The highest BCUT2D eigenvalue weighted by atomic mass is 16.5. The van der Waals surface area contributed by atoms with Gasteiger partial charge in [0.2, 0.25) is 0 Å². The number of rotatable bonds is 3. The van der Waals surface area contributed by atoms with Crippen LogP contribution < -0.4 is 5.32 Å². The molecule has 0 aliphatic rings. The van der Waals surface area contributed by atoms with E-state index in [0.717, 1.165) is 0 Å². The van der Waals surface area contributed by atoms with Crippen LogP contribution in [0.2, 0.25) is 0 Å². The first-order chi connectivity index (χ1) is 6.44. The molecule has 0 saturated heterocycles. The van der Waals surface area contributed by atoms with Gasteiger partial charge in [0.25, 0.3) is 0 Å². The van der Waals surface area contributed by atoms with Crippen LogP contribution >= 0.6 is 0 Å². The van der Waals surface area contributed by atoms with Gasteiger partial charge in [0.1, 0.15) is 0 Å². The Labute approximate surface area is 87.0 Å². The fraction of sp³-hybridized carbons (Fsp3) is 0.900. The quantitative estimate of drug-likeness (QED) is 0.768. The normalized spacial score (nSPS) is 12.2. The minimum atomic E-state index is -0.437. The van der Waals surface area contributed by atoms with E-state index in [2.05, 4.69) is 10.1 Å². The first kappa shape index (κ1) is 15.7. The average Bonchev–Trinajstić information content (AvgIpc) is 2.20. The molecule has 0 aliphatic heterocycles. The standard InChI is InChI=1S/C8H17NO3.C2H6/c1-6(8(2,3)12-5)9-7(10)11-4;1-2/h6H,1-5H3,(H,9,10);1-2H3. The maximum absolute atomic E-state index is 10.8. The fourth-order valence-electron chi connectivity index (χ4n) is 0.586. The molecule has 0 spiro atoms. The van der Waals surface area contributed by atoms with Crippen molar-refractivity contribution in [3.63, 3.8) is 0 Å². The van der Waals surface area contributed by atoms with Crippen molar-refractivity contribution in [2.45, 2.75) is 46.3 Å². The number of carbonyl (C=O) groups is 1. The van der Waals surface area contributed by atoms with Crippen LogP contribution in [-0.2, 0) is 9.47 Å². The van der Waals surface area contributed by atoms with Gasteiger partial charge in [-0.15, -0.1) is 0 Å². The second-order valence-electron chi connectivity index (χ2n) is 3.17. The number of nitrogens with one attached hydrogen (secondary N) is 1. The van der Waals surface area contributed by atoms with E-state index in [0.29, 0.717) is 0 Å². The summed E-state index contributed by atoms with van der Waals surface area (Å²) in [7, 11) is 2.94. The lowest BCUT2D eigenvalue weighted by atomic mass is 10.0. The minimum Gasteiger partial charge on any atom is -0.453 e. The Kier molecular flexibility index (Phi) is 8.54. The highest BCUT2D eigenvalue weighted by molar-refractivity contribution is 5.67. The number of hydrogen-bond acceptors (Lipinski definition) is 3. The van der Waals surface area contributed by atoms with Crippen molar-refractivity contribution < 1.29 is 14.3 Å². The van der Waals surface area contributed by atoms with E-state index in [1.165, 1.54) is 7.11 Å². The minimum absolute atomic E-state index is 0.0880. The summed E-state index contributed by atoms with van der Waals surface area (Å²) >= 11 is 0. The van der Waals surface area contributed by atoms with Gasteiger partial charge in [-0.1, -0.05) is 13.8 Å². The Balaban J connectivity index is 0. The molecule has 0 aromatic rings. The molecule has 4 nitrogen and oxygen atoms in total. The fourth-order valence-corrected chi connectivity index (χ4v) is 0.586. The van der Waals surface area contributed by atoms with E-state index in [1.807, 2.05) is 34.6 Å². The molecular weight excluding hydrogens is 182 g/mol. The van der Waals surface area contributed by atoms with Crippen molar-refractivity contribution in [1.29, 1.82) is 0 Å². The van der Waals surface area contributed by atoms with E-state index in [1.54, 1.807) is 7.11 Å². The number of ether oxygens (including phenoxy) is 2. The molecule has 1 unspecified atom stereocenters. The van der Waals surface area contributed by atoms with E-state index in [9.17, 15) is 4.79 Å². The van der Waals surface area contributed by atoms with Crippen molar-refractivity contribution in [3.8, 4) is 0 Å². The Bertz CT molecular complexity index is 157. The summed E-state index contributed by atoms with van der Waals surface area (Å²) < 4.78 is 9.63. The predicted octanol–water partition coefficient (Wildman–Crippen LogP) is 2.18. The zero-order valence-electron chi connectivity index (χ0n) is 10.3. The molecule has 0 radical (unpaired) electrons. The zero-order chi connectivity index (χ0) is 11.8. The van der Waals surface area contributed by atoms with Gasteiger partial charge >= 0.3 is 6.09 Å². The van der Waals surface area contributed by atoms with Crippen LogP contribution in [0.25, 0.3) is 0 Å². The van der Waals surface area contributed by atoms with Crippen LogP contribution in [0.15, 0.2) is 0 Å². The lowest BCUT2D eigenvalue weighted by Gasteiger charge is -2.30. The zero-order valence-corrected chi connectivity index (χ0v) is 10.3. The molecule has 1 amide bonds. The van der Waals surface area contributed by atoms with Crippen molar-refractivity contribution in [3.05, 3.63) is 0 Å². The molecular formula is C10H23NO3. The van der Waals surface area contributed by atoms with Crippen LogP contribution in [0.1, 0.15) is 34.6 Å². The predicted molar refractivity (Wildman–Crippen MR) is 57.4 cm³/mol. The van der Waals surface area contributed by atoms with Gasteiger partial charge in [-0.05, 0) is 20.8 Å². The first-order valence-corrected chi connectivity index (χ1v) is 4.83. The molecule has 1 N–H and O–H groups in total. The highest BCUT2D eigenvalue weighted by Crippen LogP contribution is 2.12. The van der Waals surface area contributed by atoms with Crippen LogP contribution in [0, 0.1) is 0 Å². The van der Waals surface area contributed by atoms with Crippen molar-refractivity contribution in [2.24, 2.45) is 0 Å². The molecule has 4 heteroatoms. The number of hydrogen-bond donors (Lipinski definition) is 1. The number of carbonyl (C=O) groups excluding carboxylic acids is 1. The maximum Gasteiger partial charge on any atom is 0.407 e. The SMILES string of the molecule is CC.COC(=O)NC(C)C(C)(C)OC. The monoisotopic (exact) mass is 205 g/mol. The second-order valence-corrected chi connectivity index (χ2v) is 3.17. The Morgan fingerprint density at radius 2 is 1.71 bits per heavy atom. The number of methoxy groups -OCH3 is 2. The van der Waals surface area contributed by atoms with Gasteiger partial charge in [-0.3, -0.25) is 0 Å². The van der Waals surface area contributed by atoms with Crippen LogP contribution in [-0.4, -0.2) is 32.0 Å². The summed E-state index contributed by atoms with van der Waals surface area (Å²) in [6.07, 6.45) is -0.437. The Hall–Kier alpha value is -0.770. The summed E-state index contributed by atoms with van der Waals surface area (Å²) in [6, 6.07) is -0.0880. The summed E-state index contributed by atoms with van der Waals surface area (Å²) in [5.74, 6) is 0. The van der Waals surface area contributed by atoms with Crippen molar-refractivity contribution in [2.75, 3.05) is 14.2 Å². The van der Waals surface area contributed by atoms with Gasteiger partial charge in [0.15, 0.2) is 0 Å². The molecule has 0 aromatic heterocycles. The molecule has 1 atom stereocenters. The molecule has 0 fully saturated rings. The molecule has 86 valence electrons. The summed E-state index contributed by atoms with van der Waals surface area (Å²) in [5, 5.41) is 2.63. The smallest absolute Gasteiger partial charge is 0.407 e. The van der Waals surface area contributed by atoms with E-state index < -0.39 is 6.09 Å². The summed E-state index contributed by atoms with van der Waals surface area (Å²) in [6.45, 7) is 9.65. The van der Waals surface area contributed by atoms with Crippen molar-refractivity contribution >= 4 is 6.09 Å². The van der Waals surface area contributed by atoms with E-state index >= 15 is 0 Å². The van der Waals surface area contributed by atoms with Gasteiger partial charge in [-0.25, -0.2) is 4.79 Å². The average molecular weight is 205 g/mol. The molecule has 0 aromatic carbocycles. The summed E-state index contributed by atoms with van der Waals surface area (Å²) in [4.78, 5) is 10.8. The third kappa shape index (κ3) is 5.80. The molecule has 0 rings (SSSR count). The third-order valence-corrected chi connectivity index (χ3v) is 2.09. The Morgan fingerprint density at radius 3 is 2.00 bits per heavy atom. The molecule has 14 heavy (non-hydrogen) atoms. The highest BCUT2D eigenvalue weighted by Gasteiger charge is 2.26. The summed E-state index contributed by atoms with van der Waals surface area (Å²) in [5.41, 5.74) is -0.381. The first-order valence-electron chi connectivity index (χ1n) is 4.83. The molecule has 0 aliphatic carbocycles. The third-order valence-electron chi connectivity index (χ3n) is 2.09. The molecule has 0 heterocycles. The van der Waals surface area contributed by atoms with Crippen LogP contribution in [0.3, 0.4) is 0 Å². The second kappa shape index (κ2) is 7.62. The lowest BCUT2D eigenvalue weighted by Crippen LogP contribution is -2.48. The topological polar surface area (TPSA) is 47.6 Å².